The van der Waals surface area contributed by atoms with Crippen molar-refractivity contribution in [2.45, 2.75) is 49.7 Å². The van der Waals surface area contributed by atoms with Gasteiger partial charge in [-0.3, -0.25) is 14.6 Å². The standard InChI is InChI=1S/C28H28Cl2N4O4S/c1-39(37,38)33-23-10-4-5-11-24(23)34-26(21-13-12-17(29)15-22(21)30)25(19-8-2-3-9-20(19)28(34)36)27(35)32-18-7-6-14-31-16-18/h2-3,6-9,12-16,23-26,33H,4-5,10-11H2,1H3,(H,32,35)/t23?,24-,25+,26-/m0/s1. The average Bonchev–Trinajstić information content (AvgIpc) is 2.89. The van der Waals surface area contributed by atoms with Gasteiger partial charge in [0.05, 0.1) is 30.1 Å². The van der Waals surface area contributed by atoms with E-state index >= 15 is 0 Å². The molecule has 1 unspecified atom stereocenters. The Balaban J connectivity index is 1.70. The van der Waals surface area contributed by atoms with Crippen LogP contribution in [0, 0.1) is 0 Å². The lowest BCUT2D eigenvalue weighted by Crippen LogP contribution is -2.58. The molecule has 0 saturated heterocycles. The Morgan fingerprint density at radius 2 is 1.79 bits per heavy atom. The van der Waals surface area contributed by atoms with E-state index in [0.29, 0.717) is 45.3 Å². The number of pyridine rings is 1. The van der Waals surface area contributed by atoms with Crippen molar-refractivity contribution in [1.29, 1.82) is 0 Å². The molecule has 2 amide bonds. The summed E-state index contributed by atoms with van der Waals surface area (Å²) >= 11 is 13.0. The van der Waals surface area contributed by atoms with Crippen LogP contribution in [0.1, 0.15) is 59.1 Å². The number of carbonyl (C=O) groups is 2. The molecule has 4 atom stereocenters. The molecule has 2 heterocycles. The maximum atomic E-state index is 14.3. The van der Waals surface area contributed by atoms with Gasteiger partial charge in [-0.25, -0.2) is 13.1 Å². The molecule has 2 aliphatic rings. The van der Waals surface area contributed by atoms with Crippen LogP contribution in [0.25, 0.3) is 0 Å². The van der Waals surface area contributed by atoms with Gasteiger partial charge >= 0.3 is 0 Å². The fourth-order valence-corrected chi connectivity index (χ4v) is 7.13. The topological polar surface area (TPSA) is 108 Å². The molecule has 5 rings (SSSR count). The van der Waals surface area contributed by atoms with Gasteiger partial charge in [0.15, 0.2) is 0 Å². The molecule has 8 nitrogen and oxygen atoms in total. The quantitative estimate of drug-likeness (QED) is 0.414. The second kappa shape index (κ2) is 11.3. The van der Waals surface area contributed by atoms with Crippen molar-refractivity contribution >= 4 is 50.7 Å². The number of nitrogens with zero attached hydrogens (tertiary/aromatic N) is 2. The van der Waals surface area contributed by atoms with Gasteiger partial charge < -0.3 is 10.2 Å². The van der Waals surface area contributed by atoms with Crippen molar-refractivity contribution in [2.24, 2.45) is 0 Å². The largest absolute Gasteiger partial charge is 0.326 e. The summed E-state index contributed by atoms with van der Waals surface area (Å²) in [6, 6.07) is 13.7. The number of carbonyl (C=O) groups excluding carboxylic acids is 2. The molecule has 2 N–H and O–H groups in total. The number of rotatable bonds is 6. The van der Waals surface area contributed by atoms with Gasteiger partial charge in [0.1, 0.15) is 0 Å². The Labute approximate surface area is 237 Å². The third-order valence-corrected chi connectivity index (χ3v) is 8.61. The van der Waals surface area contributed by atoms with E-state index in [2.05, 4.69) is 15.0 Å². The average molecular weight is 588 g/mol. The minimum Gasteiger partial charge on any atom is -0.326 e. The Bertz CT molecular complexity index is 1500. The van der Waals surface area contributed by atoms with E-state index in [9.17, 15) is 18.0 Å². The Kier molecular flexibility index (Phi) is 7.96. The molecule has 11 heteroatoms. The highest BCUT2D eigenvalue weighted by molar-refractivity contribution is 7.88. The number of amides is 2. The maximum Gasteiger partial charge on any atom is 0.255 e. The molecule has 1 aliphatic heterocycles. The summed E-state index contributed by atoms with van der Waals surface area (Å²) in [6.07, 6.45) is 7.04. The van der Waals surface area contributed by atoms with Crippen molar-refractivity contribution in [3.8, 4) is 0 Å². The van der Waals surface area contributed by atoms with Gasteiger partial charge in [0.25, 0.3) is 5.91 Å². The molecule has 1 fully saturated rings. The van der Waals surface area contributed by atoms with Crippen molar-refractivity contribution in [1.82, 2.24) is 14.6 Å². The molecule has 3 aromatic rings. The molecule has 0 spiro atoms. The van der Waals surface area contributed by atoms with Gasteiger partial charge in [-0.2, -0.15) is 0 Å². The summed E-state index contributed by atoms with van der Waals surface area (Å²) in [7, 11) is -3.56. The van der Waals surface area contributed by atoms with E-state index in [-0.39, 0.29) is 11.8 Å². The van der Waals surface area contributed by atoms with Crippen LogP contribution < -0.4 is 10.0 Å². The first-order valence-electron chi connectivity index (χ1n) is 12.7. The molecule has 204 valence electrons. The Morgan fingerprint density at radius 1 is 1.03 bits per heavy atom. The number of benzene rings is 2. The SMILES string of the molecule is CS(=O)(=O)NC1CCCC[C@@H]1N1C(=O)c2ccccc2[C@@H](C(=O)Nc2cccnc2)[C@@H]1c1ccc(Cl)cc1Cl. The lowest BCUT2D eigenvalue weighted by Gasteiger charge is -2.49. The zero-order valence-electron chi connectivity index (χ0n) is 21.2. The van der Waals surface area contributed by atoms with Crippen LogP contribution in [0.2, 0.25) is 10.0 Å². The fraction of sp³-hybridized carbons (Fsp3) is 0.321. The summed E-state index contributed by atoms with van der Waals surface area (Å²) in [4.78, 5) is 34.1. The molecule has 1 aliphatic carbocycles. The fourth-order valence-electron chi connectivity index (χ4n) is 5.78. The van der Waals surface area contributed by atoms with Crippen molar-refractivity contribution in [2.75, 3.05) is 11.6 Å². The molecular weight excluding hydrogens is 559 g/mol. The van der Waals surface area contributed by atoms with Gasteiger partial charge in [-0.1, -0.05) is 60.3 Å². The number of hydrogen-bond donors (Lipinski definition) is 2. The van der Waals surface area contributed by atoms with E-state index in [1.807, 2.05) is 0 Å². The van der Waals surface area contributed by atoms with E-state index < -0.39 is 34.1 Å². The smallest absolute Gasteiger partial charge is 0.255 e. The van der Waals surface area contributed by atoms with Gasteiger partial charge in [0.2, 0.25) is 15.9 Å². The number of hydrogen-bond acceptors (Lipinski definition) is 5. The van der Waals surface area contributed by atoms with Crippen LogP contribution in [-0.2, 0) is 14.8 Å². The number of anilines is 1. The third kappa shape index (κ3) is 5.82. The normalized spacial score (nSPS) is 23.3. The van der Waals surface area contributed by atoms with Crippen LogP contribution in [0.15, 0.2) is 67.0 Å². The molecule has 1 aromatic heterocycles. The second-order valence-corrected chi connectivity index (χ2v) is 12.6. The zero-order valence-corrected chi connectivity index (χ0v) is 23.5. The van der Waals surface area contributed by atoms with Gasteiger partial charge in [0, 0.05) is 33.9 Å². The maximum absolute atomic E-state index is 14.3. The first-order chi connectivity index (χ1) is 18.6. The van der Waals surface area contributed by atoms with E-state index in [1.165, 1.54) is 0 Å². The van der Waals surface area contributed by atoms with Crippen LogP contribution >= 0.6 is 23.2 Å². The van der Waals surface area contributed by atoms with E-state index in [1.54, 1.807) is 71.9 Å². The molecular formula is C28H28Cl2N4O4S. The minimum atomic E-state index is -3.56. The number of halogens is 2. The van der Waals surface area contributed by atoms with Crippen LogP contribution in [0.5, 0.6) is 0 Å². The molecule has 39 heavy (non-hydrogen) atoms. The Morgan fingerprint density at radius 3 is 2.51 bits per heavy atom. The van der Waals surface area contributed by atoms with E-state index in [0.717, 1.165) is 19.1 Å². The highest BCUT2D eigenvalue weighted by atomic mass is 35.5. The zero-order chi connectivity index (χ0) is 27.7. The van der Waals surface area contributed by atoms with Crippen molar-refractivity contribution in [3.63, 3.8) is 0 Å². The molecule has 0 radical (unpaired) electrons. The van der Waals surface area contributed by atoms with E-state index in [4.69, 9.17) is 23.2 Å². The molecule has 0 bridgehead atoms. The van der Waals surface area contributed by atoms with Crippen molar-refractivity contribution < 1.29 is 18.0 Å². The Hall–Kier alpha value is -2.98. The van der Waals surface area contributed by atoms with Crippen LogP contribution in [0.4, 0.5) is 5.69 Å². The highest BCUT2D eigenvalue weighted by Gasteiger charge is 2.49. The number of fused-ring (bicyclic) bond motifs is 1. The second-order valence-electron chi connectivity index (χ2n) is 9.97. The first kappa shape index (κ1) is 27.6. The monoisotopic (exact) mass is 586 g/mol. The predicted octanol–water partition coefficient (Wildman–Crippen LogP) is 5.17. The lowest BCUT2D eigenvalue weighted by atomic mass is 9.76. The van der Waals surface area contributed by atoms with Gasteiger partial charge in [-0.05, 0) is 54.3 Å². The number of sulfonamides is 1. The third-order valence-electron chi connectivity index (χ3n) is 7.32. The molecule has 2 aromatic carbocycles. The summed E-state index contributed by atoms with van der Waals surface area (Å²) in [5.41, 5.74) is 2.03. The highest BCUT2D eigenvalue weighted by Crippen LogP contribution is 2.48. The summed E-state index contributed by atoms with van der Waals surface area (Å²) in [6.45, 7) is 0. The summed E-state index contributed by atoms with van der Waals surface area (Å²) in [5.74, 6) is -1.47. The lowest BCUT2D eigenvalue weighted by molar-refractivity contribution is -0.119. The minimum absolute atomic E-state index is 0.278. The predicted molar refractivity (Wildman–Crippen MR) is 151 cm³/mol. The van der Waals surface area contributed by atoms with Crippen molar-refractivity contribution in [3.05, 3.63) is 93.7 Å². The van der Waals surface area contributed by atoms with Crippen LogP contribution in [-0.4, -0.2) is 48.5 Å². The summed E-state index contributed by atoms with van der Waals surface area (Å²) in [5, 5.41) is 3.68. The number of nitrogens with one attached hydrogen (secondary N) is 2. The number of aromatic nitrogens is 1. The first-order valence-corrected chi connectivity index (χ1v) is 15.3. The summed E-state index contributed by atoms with van der Waals surface area (Å²) < 4.78 is 27.4. The van der Waals surface area contributed by atoms with Crippen LogP contribution in [0.3, 0.4) is 0 Å². The van der Waals surface area contributed by atoms with Gasteiger partial charge in [-0.15, -0.1) is 0 Å². The molecule has 1 saturated carbocycles.